The molecule has 1 saturated carbocycles. The van der Waals surface area contributed by atoms with Gasteiger partial charge in [0, 0.05) is 12.2 Å². The number of fused-ring (bicyclic) bond motifs is 2. The van der Waals surface area contributed by atoms with E-state index in [-0.39, 0.29) is 5.56 Å². The minimum Gasteiger partial charge on any atom is -0.353 e. The Balaban J connectivity index is 1.62. The Kier molecular flexibility index (Phi) is 3.85. The fourth-order valence-corrected chi connectivity index (χ4v) is 3.99. The summed E-state index contributed by atoms with van der Waals surface area (Å²) in [7, 11) is 0. The number of aromatic nitrogens is 3. The van der Waals surface area contributed by atoms with Gasteiger partial charge in [-0.15, -0.1) is 0 Å². The second kappa shape index (κ2) is 6.50. The van der Waals surface area contributed by atoms with Crippen molar-refractivity contribution in [1.82, 2.24) is 15.0 Å². The molecule has 5 nitrogen and oxygen atoms in total. The third-order valence-corrected chi connectivity index (χ3v) is 5.36. The monoisotopic (exact) mass is 356 g/mol. The zero-order chi connectivity index (χ0) is 18.2. The van der Waals surface area contributed by atoms with E-state index in [0.29, 0.717) is 23.0 Å². The molecule has 5 rings (SSSR count). The highest BCUT2D eigenvalue weighted by Gasteiger charge is 2.17. The van der Waals surface area contributed by atoms with Gasteiger partial charge in [-0.2, -0.15) is 4.98 Å². The van der Waals surface area contributed by atoms with Crippen molar-refractivity contribution in [2.24, 2.45) is 0 Å². The Morgan fingerprint density at radius 3 is 2.67 bits per heavy atom. The molecule has 4 aromatic rings. The second-order valence-corrected chi connectivity index (χ2v) is 7.16. The molecule has 0 amide bonds. The van der Waals surface area contributed by atoms with Crippen LogP contribution in [-0.2, 0) is 0 Å². The van der Waals surface area contributed by atoms with Crippen molar-refractivity contribution in [2.45, 2.75) is 31.7 Å². The predicted molar refractivity (Wildman–Crippen MR) is 109 cm³/mol. The molecule has 134 valence electrons. The lowest BCUT2D eigenvalue weighted by Gasteiger charge is -2.13. The van der Waals surface area contributed by atoms with Gasteiger partial charge in [-0.1, -0.05) is 49.2 Å². The fraction of sp³-hybridized carbons (Fsp3) is 0.227. The van der Waals surface area contributed by atoms with Crippen LogP contribution in [0.25, 0.3) is 32.9 Å². The van der Waals surface area contributed by atoms with Crippen LogP contribution in [0.2, 0.25) is 0 Å². The summed E-state index contributed by atoms with van der Waals surface area (Å²) in [6.45, 7) is 0. The zero-order valence-corrected chi connectivity index (χ0v) is 14.9. The van der Waals surface area contributed by atoms with Crippen molar-refractivity contribution in [3.63, 3.8) is 0 Å². The van der Waals surface area contributed by atoms with Gasteiger partial charge in [-0.25, -0.2) is 4.98 Å². The number of anilines is 1. The van der Waals surface area contributed by atoms with Crippen molar-refractivity contribution >= 4 is 27.8 Å². The van der Waals surface area contributed by atoms with Crippen molar-refractivity contribution in [1.29, 1.82) is 0 Å². The van der Waals surface area contributed by atoms with Gasteiger partial charge in [0.15, 0.2) is 5.65 Å². The van der Waals surface area contributed by atoms with Gasteiger partial charge in [0.1, 0.15) is 0 Å². The highest BCUT2D eigenvalue weighted by molar-refractivity contribution is 5.95. The van der Waals surface area contributed by atoms with Crippen LogP contribution in [0, 0.1) is 0 Å². The van der Waals surface area contributed by atoms with Gasteiger partial charge in [-0.05, 0) is 46.9 Å². The molecule has 2 heterocycles. The van der Waals surface area contributed by atoms with Crippen LogP contribution in [0.15, 0.2) is 59.5 Å². The van der Waals surface area contributed by atoms with E-state index in [2.05, 4.69) is 44.5 Å². The van der Waals surface area contributed by atoms with E-state index in [1.54, 1.807) is 6.20 Å². The first-order valence-corrected chi connectivity index (χ1v) is 9.43. The number of aromatic amines is 1. The lowest BCUT2D eigenvalue weighted by molar-refractivity contribution is 0.744. The smallest absolute Gasteiger partial charge is 0.262 e. The number of hydrogen-bond donors (Lipinski definition) is 2. The van der Waals surface area contributed by atoms with Gasteiger partial charge in [0.2, 0.25) is 5.95 Å². The van der Waals surface area contributed by atoms with Crippen molar-refractivity contribution in [2.75, 3.05) is 5.32 Å². The van der Waals surface area contributed by atoms with E-state index in [1.165, 1.54) is 18.2 Å². The number of benzene rings is 2. The quantitative estimate of drug-likeness (QED) is 0.567. The summed E-state index contributed by atoms with van der Waals surface area (Å²) in [5.74, 6) is 0.516. The van der Waals surface area contributed by atoms with Gasteiger partial charge >= 0.3 is 0 Å². The first-order valence-electron chi connectivity index (χ1n) is 9.43. The minimum absolute atomic E-state index is 0.156. The molecule has 0 bridgehead atoms. The number of nitrogens with zero attached hydrogens (tertiary/aromatic N) is 2. The largest absolute Gasteiger partial charge is 0.353 e. The van der Waals surface area contributed by atoms with Crippen molar-refractivity contribution in [3.8, 4) is 11.1 Å². The topological polar surface area (TPSA) is 70.7 Å². The average Bonchev–Trinajstić information content (AvgIpc) is 3.20. The molecule has 1 aliphatic rings. The maximum absolute atomic E-state index is 12.9. The van der Waals surface area contributed by atoms with Gasteiger partial charge in [0.05, 0.1) is 5.39 Å². The molecule has 27 heavy (non-hydrogen) atoms. The molecule has 5 heteroatoms. The van der Waals surface area contributed by atoms with Gasteiger partial charge in [0.25, 0.3) is 5.56 Å². The number of H-pyrrole nitrogens is 1. The number of hydrogen-bond acceptors (Lipinski definition) is 4. The molecular weight excluding hydrogens is 336 g/mol. The van der Waals surface area contributed by atoms with Crippen LogP contribution in [-0.4, -0.2) is 21.0 Å². The number of nitrogens with one attached hydrogen (secondary N) is 2. The summed E-state index contributed by atoms with van der Waals surface area (Å²) in [4.78, 5) is 24.7. The number of rotatable bonds is 3. The Hall–Kier alpha value is -3.21. The Labute approximate surface area is 156 Å². The summed E-state index contributed by atoms with van der Waals surface area (Å²) in [5.41, 5.74) is 2.17. The summed E-state index contributed by atoms with van der Waals surface area (Å²) in [6.07, 6.45) is 6.40. The fourth-order valence-electron chi connectivity index (χ4n) is 3.99. The van der Waals surface area contributed by atoms with Crippen molar-refractivity contribution in [3.05, 3.63) is 65.1 Å². The molecule has 0 unspecified atom stereocenters. The summed E-state index contributed by atoms with van der Waals surface area (Å²) >= 11 is 0. The first kappa shape index (κ1) is 16.0. The Morgan fingerprint density at radius 1 is 1.00 bits per heavy atom. The average molecular weight is 356 g/mol. The number of pyridine rings is 1. The standard InChI is InChI=1S/C22H20N4O/c27-21-19-18(16-10-9-14-5-1-2-6-15(14)13-16)11-12-23-20(19)25-22(26-21)24-17-7-3-4-8-17/h1-2,5-6,9-13,17H,3-4,7-8H2,(H2,23,24,25,26,27). The van der Waals surface area contributed by atoms with Crippen LogP contribution in [0.4, 0.5) is 5.95 Å². The molecule has 0 spiro atoms. The zero-order valence-electron chi connectivity index (χ0n) is 14.9. The maximum atomic E-state index is 12.9. The molecule has 0 radical (unpaired) electrons. The normalized spacial score (nSPS) is 14.8. The minimum atomic E-state index is -0.156. The molecular formula is C22H20N4O. The third-order valence-electron chi connectivity index (χ3n) is 5.36. The first-order chi connectivity index (χ1) is 13.3. The van der Waals surface area contributed by atoms with E-state index in [1.807, 2.05) is 24.3 Å². The summed E-state index contributed by atoms with van der Waals surface area (Å²) < 4.78 is 0. The third kappa shape index (κ3) is 2.95. The van der Waals surface area contributed by atoms with Crippen molar-refractivity contribution < 1.29 is 0 Å². The SMILES string of the molecule is O=c1[nH]c(NC2CCCC2)nc2nccc(-c3ccc4ccccc4c3)c12. The molecule has 1 fully saturated rings. The van der Waals surface area contributed by atoms with Crippen LogP contribution in [0.5, 0.6) is 0 Å². The molecule has 1 aliphatic carbocycles. The molecule has 0 atom stereocenters. The van der Waals surface area contributed by atoms with Crippen LogP contribution < -0.4 is 10.9 Å². The van der Waals surface area contributed by atoms with E-state index in [0.717, 1.165) is 29.4 Å². The van der Waals surface area contributed by atoms with E-state index in [9.17, 15) is 4.79 Å². The van der Waals surface area contributed by atoms with E-state index < -0.39 is 0 Å². The van der Waals surface area contributed by atoms with Crippen LogP contribution in [0.3, 0.4) is 0 Å². The second-order valence-electron chi connectivity index (χ2n) is 7.16. The lowest BCUT2D eigenvalue weighted by Crippen LogP contribution is -2.20. The Bertz CT molecular complexity index is 1190. The Morgan fingerprint density at radius 2 is 1.81 bits per heavy atom. The van der Waals surface area contributed by atoms with Crippen LogP contribution >= 0.6 is 0 Å². The van der Waals surface area contributed by atoms with Gasteiger partial charge in [-0.3, -0.25) is 9.78 Å². The molecule has 2 aromatic heterocycles. The molecule has 2 aromatic carbocycles. The molecule has 0 saturated heterocycles. The molecule has 2 N–H and O–H groups in total. The van der Waals surface area contributed by atoms with Crippen LogP contribution in [0.1, 0.15) is 25.7 Å². The maximum Gasteiger partial charge on any atom is 0.262 e. The molecule has 0 aliphatic heterocycles. The van der Waals surface area contributed by atoms with Gasteiger partial charge < -0.3 is 5.32 Å². The highest BCUT2D eigenvalue weighted by Crippen LogP contribution is 2.28. The summed E-state index contributed by atoms with van der Waals surface area (Å²) in [6, 6.07) is 16.7. The van der Waals surface area contributed by atoms with E-state index >= 15 is 0 Å². The van der Waals surface area contributed by atoms with E-state index in [4.69, 9.17) is 0 Å². The lowest BCUT2D eigenvalue weighted by atomic mass is 10.00. The highest BCUT2D eigenvalue weighted by atomic mass is 16.1. The predicted octanol–water partition coefficient (Wildman–Crippen LogP) is 4.49. The summed E-state index contributed by atoms with van der Waals surface area (Å²) in [5, 5.41) is 6.20.